The number of halogens is 1. The standard InChI is InChI=1S/C24H20ClN3O4S/c1-3-11-31-15-8-5-13(6-9-15)20-19-21(29)16-12-14(25)7-10-17(16)32-22(19)23(30)28(20)24-27-26-18(4-2)33-24/h5-10,12,20H,3-4,11H2,1-2H3/t20-/m0/s1. The van der Waals surface area contributed by atoms with Crippen molar-refractivity contribution in [1.82, 2.24) is 10.2 Å². The van der Waals surface area contributed by atoms with Gasteiger partial charge in [0, 0.05) is 5.02 Å². The normalized spacial score (nSPS) is 15.3. The van der Waals surface area contributed by atoms with E-state index in [2.05, 4.69) is 10.2 Å². The maximum absolute atomic E-state index is 13.6. The molecule has 0 bridgehead atoms. The highest BCUT2D eigenvalue weighted by Gasteiger charge is 2.45. The summed E-state index contributed by atoms with van der Waals surface area (Å²) in [5.74, 6) is 0.312. The van der Waals surface area contributed by atoms with Crippen LogP contribution in [0.15, 0.2) is 51.7 Å². The summed E-state index contributed by atoms with van der Waals surface area (Å²) in [5.41, 5.74) is 1.03. The summed E-state index contributed by atoms with van der Waals surface area (Å²) >= 11 is 7.46. The highest BCUT2D eigenvalue weighted by Crippen LogP contribution is 2.42. The van der Waals surface area contributed by atoms with Gasteiger partial charge in [0.25, 0.3) is 5.91 Å². The van der Waals surface area contributed by atoms with Crippen molar-refractivity contribution in [2.45, 2.75) is 32.7 Å². The summed E-state index contributed by atoms with van der Waals surface area (Å²) in [5, 5.41) is 10.4. The zero-order valence-corrected chi connectivity index (χ0v) is 19.6. The lowest BCUT2D eigenvalue weighted by molar-refractivity contribution is 0.0970. The van der Waals surface area contributed by atoms with E-state index in [0.717, 1.165) is 22.7 Å². The molecule has 2 aromatic heterocycles. The first-order valence-corrected chi connectivity index (χ1v) is 11.9. The Bertz CT molecular complexity index is 1410. The quantitative estimate of drug-likeness (QED) is 0.366. The van der Waals surface area contributed by atoms with E-state index in [4.69, 9.17) is 20.8 Å². The third-order valence-corrected chi connectivity index (χ3v) is 6.77. The van der Waals surface area contributed by atoms with Gasteiger partial charge in [0.1, 0.15) is 16.3 Å². The Morgan fingerprint density at radius 3 is 2.61 bits per heavy atom. The molecule has 0 aliphatic carbocycles. The molecule has 3 heterocycles. The van der Waals surface area contributed by atoms with Crippen LogP contribution in [0.5, 0.6) is 5.75 Å². The Hall–Kier alpha value is -3.23. The second-order valence-corrected chi connectivity index (χ2v) is 9.12. The Morgan fingerprint density at radius 1 is 1.12 bits per heavy atom. The van der Waals surface area contributed by atoms with Crippen LogP contribution >= 0.6 is 22.9 Å². The minimum Gasteiger partial charge on any atom is -0.494 e. The van der Waals surface area contributed by atoms with Crippen molar-refractivity contribution >= 4 is 44.9 Å². The third-order valence-electron chi connectivity index (χ3n) is 5.47. The molecule has 0 spiro atoms. The van der Waals surface area contributed by atoms with Gasteiger partial charge < -0.3 is 9.15 Å². The molecule has 5 rings (SSSR count). The molecule has 1 amide bonds. The van der Waals surface area contributed by atoms with Crippen LogP contribution < -0.4 is 15.1 Å². The Labute approximate surface area is 198 Å². The van der Waals surface area contributed by atoms with Gasteiger partial charge in [0.2, 0.25) is 10.9 Å². The van der Waals surface area contributed by atoms with Crippen molar-refractivity contribution < 1.29 is 13.9 Å². The number of amides is 1. The smallest absolute Gasteiger partial charge is 0.297 e. The number of carbonyl (C=O) groups excluding carboxylic acids is 1. The van der Waals surface area contributed by atoms with Crippen LogP contribution in [-0.2, 0) is 6.42 Å². The summed E-state index contributed by atoms with van der Waals surface area (Å²) < 4.78 is 11.6. The molecule has 2 aromatic carbocycles. The molecule has 9 heteroatoms. The molecule has 0 radical (unpaired) electrons. The van der Waals surface area contributed by atoms with Crippen molar-refractivity contribution in [1.29, 1.82) is 0 Å². The van der Waals surface area contributed by atoms with Crippen LogP contribution in [0.4, 0.5) is 5.13 Å². The lowest BCUT2D eigenvalue weighted by Crippen LogP contribution is -2.29. The van der Waals surface area contributed by atoms with E-state index < -0.39 is 11.9 Å². The summed E-state index contributed by atoms with van der Waals surface area (Å²) in [7, 11) is 0. The van der Waals surface area contributed by atoms with Crippen molar-refractivity contribution in [3.05, 3.63) is 79.6 Å². The van der Waals surface area contributed by atoms with Gasteiger partial charge in [-0.1, -0.05) is 48.9 Å². The monoisotopic (exact) mass is 481 g/mol. The first kappa shape index (κ1) is 21.6. The molecular formula is C24H20ClN3O4S. The Balaban J connectivity index is 1.71. The molecule has 1 aliphatic heterocycles. The van der Waals surface area contributed by atoms with Crippen LogP contribution in [0, 0.1) is 0 Å². The summed E-state index contributed by atoms with van der Waals surface area (Å²) in [4.78, 5) is 28.6. The Kier molecular flexibility index (Phi) is 5.64. The number of aryl methyl sites for hydroxylation is 1. The van der Waals surface area contributed by atoms with E-state index in [0.29, 0.717) is 34.2 Å². The third kappa shape index (κ3) is 3.69. The summed E-state index contributed by atoms with van der Waals surface area (Å²) in [6.07, 6.45) is 1.59. The van der Waals surface area contributed by atoms with Gasteiger partial charge in [-0.25, -0.2) is 0 Å². The summed E-state index contributed by atoms with van der Waals surface area (Å²) in [6, 6.07) is 11.5. The van der Waals surface area contributed by atoms with Crippen molar-refractivity contribution in [3.63, 3.8) is 0 Å². The summed E-state index contributed by atoms with van der Waals surface area (Å²) in [6.45, 7) is 4.62. The number of anilines is 1. The maximum Gasteiger partial charge on any atom is 0.297 e. The van der Waals surface area contributed by atoms with Gasteiger partial charge in [-0.3, -0.25) is 14.5 Å². The number of ether oxygens (including phenoxy) is 1. The van der Waals surface area contributed by atoms with E-state index in [1.54, 1.807) is 18.2 Å². The SMILES string of the molecule is CCCOc1ccc([C@H]2c3c(oc4ccc(Cl)cc4c3=O)C(=O)N2c2nnc(CC)s2)cc1. The minimum absolute atomic E-state index is 0.0133. The first-order chi connectivity index (χ1) is 16.0. The topological polar surface area (TPSA) is 85.5 Å². The van der Waals surface area contributed by atoms with Crippen LogP contribution in [0.3, 0.4) is 0 Å². The van der Waals surface area contributed by atoms with Gasteiger partial charge in [-0.15, -0.1) is 10.2 Å². The molecule has 1 atom stereocenters. The largest absolute Gasteiger partial charge is 0.494 e. The fourth-order valence-corrected chi connectivity index (χ4v) is 4.89. The van der Waals surface area contributed by atoms with Crippen molar-refractivity contribution in [3.8, 4) is 5.75 Å². The molecule has 0 saturated carbocycles. The van der Waals surface area contributed by atoms with E-state index in [1.807, 2.05) is 38.1 Å². The highest BCUT2D eigenvalue weighted by molar-refractivity contribution is 7.15. The van der Waals surface area contributed by atoms with Crippen molar-refractivity contribution in [2.24, 2.45) is 0 Å². The molecule has 33 heavy (non-hydrogen) atoms. The zero-order valence-electron chi connectivity index (χ0n) is 18.0. The number of aromatic nitrogens is 2. The molecule has 1 aliphatic rings. The molecular weight excluding hydrogens is 462 g/mol. The predicted molar refractivity (Wildman–Crippen MR) is 128 cm³/mol. The molecule has 0 unspecified atom stereocenters. The second kappa shape index (κ2) is 8.61. The fraction of sp³-hybridized carbons (Fsp3) is 0.250. The molecule has 0 saturated heterocycles. The number of rotatable bonds is 6. The Morgan fingerprint density at radius 2 is 1.91 bits per heavy atom. The van der Waals surface area contributed by atoms with Crippen LogP contribution in [0.2, 0.25) is 5.02 Å². The van der Waals surface area contributed by atoms with Crippen LogP contribution in [0.25, 0.3) is 11.0 Å². The second-order valence-electron chi connectivity index (χ2n) is 7.64. The van der Waals surface area contributed by atoms with Crippen molar-refractivity contribution in [2.75, 3.05) is 11.5 Å². The average Bonchev–Trinajstić information content (AvgIpc) is 3.41. The van der Waals surface area contributed by atoms with E-state index >= 15 is 0 Å². The number of hydrogen-bond acceptors (Lipinski definition) is 7. The van der Waals surface area contributed by atoms with Crippen LogP contribution in [0.1, 0.15) is 53.0 Å². The van der Waals surface area contributed by atoms with Gasteiger partial charge >= 0.3 is 0 Å². The van der Waals surface area contributed by atoms with Gasteiger partial charge in [0.15, 0.2) is 5.43 Å². The molecule has 7 nitrogen and oxygen atoms in total. The zero-order chi connectivity index (χ0) is 23.1. The number of carbonyl (C=O) groups is 1. The number of benzene rings is 2. The van der Waals surface area contributed by atoms with Crippen LogP contribution in [-0.4, -0.2) is 22.7 Å². The number of nitrogens with zero attached hydrogens (tertiary/aromatic N) is 3. The van der Waals surface area contributed by atoms with E-state index in [-0.39, 0.29) is 16.8 Å². The molecule has 168 valence electrons. The van der Waals surface area contributed by atoms with E-state index in [9.17, 15) is 9.59 Å². The van der Waals surface area contributed by atoms with Gasteiger partial charge in [0.05, 0.1) is 23.6 Å². The van der Waals surface area contributed by atoms with Gasteiger partial charge in [-0.05, 0) is 48.7 Å². The van der Waals surface area contributed by atoms with E-state index in [1.165, 1.54) is 16.2 Å². The maximum atomic E-state index is 13.6. The molecule has 0 fully saturated rings. The fourth-order valence-electron chi connectivity index (χ4n) is 3.91. The average molecular weight is 482 g/mol. The lowest BCUT2D eigenvalue weighted by Gasteiger charge is -2.22. The first-order valence-electron chi connectivity index (χ1n) is 10.7. The number of fused-ring (bicyclic) bond motifs is 2. The molecule has 0 N–H and O–H groups in total. The predicted octanol–water partition coefficient (Wildman–Crippen LogP) is 5.40. The lowest BCUT2D eigenvalue weighted by atomic mass is 9.98. The number of hydrogen-bond donors (Lipinski definition) is 0. The van der Waals surface area contributed by atoms with Gasteiger partial charge in [-0.2, -0.15) is 0 Å². The minimum atomic E-state index is -0.704. The highest BCUT2D eigenvalue weighted by atomic mass is 35.5. The molecule has 4 aromatic rings.